The van der Waals surface area contributed by atoms with Crippen LogP contribution in [0.1, 0.15) is 61.0 Å². The Labute approximate surface area is 227 Å². The van der Waals surface area contributed by atoms with Gasteiger partial charge in [0.05, 0.1) is 12.1 Å². The number of amides is 2. The summed E-state index contributed by atoms with van der Waals surface area (Å²) in [5, 5.41) is 16.7. The van der Waals surface area contributed by atoms with Crippen LogP contribution >= 0.6 is 0 Å². The van der Waals surface area contributed by atoms with Gasteiger partial charge in [0.2, 0.25) is 11.8 Å². The van der Waals surface area contributed by atoms with Crippen molar-refractivity contribution in [3.05, 3.63) is 47.7 Å². The highest BCUT2D eigenvalue weighted by molar-refractivity contribution is 5.93. The quantitative estimate of drug-likeness (QED) is 0.405. The zero-order valence-electron chi connectivity index (χ0n) is 24.8. The zero-order valence-corrected chi connectivity index (χ0v) is 24.8. The second-order valence-electron chi connectivity index (χ2n) is 12.3. The number of carboxylic acids is 1. The van der Waals surface area contributed by atoms with Crippen molar-refractivity contribution in [1.29, 1.82) is 0 Å². The normalized spacial score (nSPS) is 15.3. The predicted molar refractivity (Wildman–Crippen MR) is 153 cm³/mol. The molecular weight excluding hydrogens is 480 g/mol. The Kier molecular flexibility index (Phi) is 9.59. The number of nitrogens with one attached hydrogen (secondary N) is 2. The number of fused-ring (bicyclic) bond motifs is 1. The van der Waals surface area contributed by atoms with E-state index in [1.54, 1.807) is 25.1 Å². The van der Waals surface area contributed by atoms with Crippen LogP contribution in [0.2, 0.25) is 0 Å². The molecule has 3 N–H and O–H groups in total. The third-order valence-electron chi connectivity index (χ3n) is 7.50. The lowest BCUT2D eigenvalue weighted by molar-refractivity contribution is -0.141. The van der Waals surface area contributed by atoms with Crippen molar-refractivity contribution in [3.63, 3.8) is 0 Å². The van der Waals surface area contributed by atoms with E-state index in [-0.39, 0.29) is 23.3 Å². The SMILES string of the molecule is CN[C@@H](C(=O)N[C@@H](C(=O)N(C)[C@H](C=C(C)C(=O)O)C(C)C)C(C)(C)C)C(C)(C)c1cn(C)c2ccccc12. The molecule has 1 heterocycles. The van der Waals surface area contributed by atoms with Crippen molar-refractivity contribution in [2.24, 2.45) is 18.4 Å². The first-order valence-corrected chi connectivity index (χ1v) is 13.2. The molecule has 0 spiro atoms. The lowest BCUT2D eigenvalue weighted by atomic mass is 9.76. The molecule has 0 saturated heterocycles. The average molecular weight is 527 g/mol. The third-order valence-corrected chi connectivity index (χ3v) is 7.50. The number of aliphatic carboxylic acids is 1. The number of carbonyl (C=O) groups is 3. The molecule has 2 aromatic rings. The molecule has 8 heteroatoms. The number of aryl methyl sites for hydroxylation is 1. The van der Waals surface area contributed by atoms with E-state index in [0.29, 0.717) is 0 Å². The summed E-state index contributed by atoms with van der Waals surface area (Å²) in [6.07, 6.45) is 3.67. The lowest BCUT2D eigenvalue weighted by Gasteiger charge is -2.39. The van der Waals surface area contributed by atoms with Crippen LogP contribution in [-0.4, -0.2) is 64.6 Å². The van der Waals surface area contributed by atoms with Crippen LogP contribution in [0.5, 0.6) is 0 Å². The maximum atomic E-state index is 13.9. The Morgan fingerprint density at radius 2 is 1.63 bits per heavy atom. The molecule has 2 rings (SSSR count). The smallest absolute Gasteiger partial charge is 0.331 e. The van der Waals surface area contributed by atoms with Crippen molar-refractivity contribution < 1.29 is 19.5 Å². The van der Waals surface area contributed by atoms with E-state index in [1.165, 1.54) is 6.92 Å². The summed E-state index contributed by atoms with van der Waals surface area (Å²) in [6.45, 7) is 15.2. The Morgan fingerprint density at radius 1 is 1.05 bits per heavy atom. The van der Waals surface area contributed by atoms with Gasteiger partial charge in [-0.05, 0) is 36.9 Å². The summed E-state index contributed by atoms with van der Waals surface area (Å²) in [5.41, 5.74) is 1.11. The molecule has 1 aromatic heterocycles. The van der Waals surface area contributed by atoms with E-state index >= 15 is 0 Å². The van der Waals surface area contributed by atoms with E-state index in [2.05, 4.69) is 33.5 Å². The van der Waals surface area contributed by atoms with Gasteiger partial charge >= 0.3 is 5.97 Å². The topological polar surface area (TPSA) is 104 Å². The van der Waals surface area contributed by atoms with Gasteiger partial charge < -0.3 is 25.2 Å². The largest absolute Gasteiger partial charge is 0.478 e. The summed E-state index contributed by atoms with van der Waals surface area (Å²) in [7, 11) is 5.41. The molecule has 0 aliphatic carbocycles. The zero-order chi connectivity index (χ0) is 29.2. The molecule has 8 nitrogen and oxygen atoms in total. The monoisotopic (exact) mass is 526 g/mol. The fourth-order valence-electron chi connectivity index (χ4n) is 5.13. The highest BCUT2D eigenvalue weighted by Gasteiger charge is 2.42. The second kappa shape index (κ2) is 11.7. The van der Waals surface area contributed by atoms with Gasteiger partial charge in [0.15, 0.2) is 0 Å². The maximum absolute atomic E-state index is 13.9. The van der Waals surface area contributed by atoms with Crippen LogP contribution in [0.25, 0.3) is 10.9 Å². The lowest BCUT2D eigenvalue weighted by Crippen LogP contribution is -2.61. The third kappa shape index (κ3) is 6.46. The molecule has 0 aliphatic heterocycles. The van der Waals surface area contributed by atoms with Gasteiger partial charge in [-0.1, -0.05) is 72.7 Å². The molecule has 0 aliphatic rings. The number of aromatic nitrogens is 1. The summed E-state index contributed by atoms with van der Waals surface area (Å²) >= 11 is 0. The van der Waals surface area contributed by atoms with Crippen LogP contribution in [-0.2, 0) is 26.8 Å². The van der Waals surface area contributed by atoms with Gasteiger partial charge in [0.1, 0.15) is 6.04 Å². The number of nitrogens with zero attached hydrogens (tertiary/aromatic N) is 2. The minimum atomic E-state index is -1.02. The van der Waals surface area contributed by atoms with Crippen LogP contribution in [0.4, 0.5) is 0 Å². The standard InChI is InChI=1S/C30H46N4O4/c1-18(2)23(16-19(3)28(37)38)34(11)27(36)25(29(4,5)6)32-26(35)24(31-9)30(7,8)21-17-33(10)22-15-13-12-14-20(21)22/h12-18,23-25,31H,1-11H3,(H,32,35)(H,37,38)/t23-,24+,25+/m1/s1. The number of carboxylic acid groups (broad SMARTS) is 1. The molecular formula is C30H46N4O4. The first-order valence-electron chi connectivity index (χ1n) is 13.2. The van der Waals surface area contributed by atoms with Crippen molar-refractivity contribution in [2.45, 2.75) is 78.9 Å². The Balaban J connectivity index is 2.43. The summed E-state index contributed by atoms with van der Waals surface area (Å²) in [6, 6.07) is 6.23. The minimum absolute atomic E-state index is 0.0232. The molecule has 0 bridgehead atoms. The summed E-state index contributed by atoms with van der Waals surface area (Å²) in [4.78, 5) is 40.7. The van der Waals surface area contributed by atoms with Gasteiger partial charge in [-0.25, -0.2) is 4.79 Å². The fourth-order valence-corrected chi connectivity index (χ4v) is 5.13. The van der Waals surface area contributed by atoms with E-state index in [4.69, 9.17) is 0 Å². The molecule has 1 aromatic carbocycles. The number of hydrogen-bond acceptors (Lipinski definition) is 4. The van der Waals surface area contributed by atoms with Crippen molar-refractivity contribution >= 4 is 28.7 Å². The molecule has 0 radical (unpaired) electrons. The van der Waals surface area contributed by atoms with E-state index in [1.807, 2.05) is 67.6 Å². The molecule has 3 atom stereocenters. The van der Waals surface area contributed by atoms with Gasteiger partial charge in [-0.3, -0.25) is 9.59 Å². The van der Waals surface area contributed by atoms with Gasteiger partial charge in [-0.15, -0.1) is 0 Å². The number of carbonyl (C=O) groups excluding carboxylic acids is 2. The Morgan fingerprint density at radius 3 is 2.13 bits per heavy atom. The Bertz CT molecular complexity index is 1200. The molecule has 38 heavy (non-hydrogen) atoms. The van der Waals surface area contributed by atoms with Gasteiger partial charge in [0.25, 0.3) is 0 Å². The highest BCUT2D eigenvalue weighted by atomic mass is 16.4. The second-order valence-corrected chi connectivity index (χ2v) is 12.3. The van der Waals surface area contributed by atoms with Crippen molar-refractivity contribution in [1.82, 2.24) is 20.1 Å². The van der Waals surface area contributed by atoms with Crippen LogP contribution < -0.4 is 10.6 Å². The predicted octanol–water partition coefficient (Wildman–Crippen LogP) is 4.09. The van der Waals surface area contributed by atoms with Crippen LogP contribution in [0.15, 0.2) is 42.1 Å². The molecule has 0 fully saturated rings. The minimum Gasteiger partial charge on any atom is -0.478 e. The van der Waals surface area contributed by atoms with Crippen LogP contribution in [0.3, 0.4) is 0 Å². The first-order chi connectivity index (χ1) is 17.4. The molecule has 0 saturated carbocycles. The molecule has 210 valence electrons. The maximum Gasteiger partial charge on any atom is 0.331 e. The number of likely N-dealkylation sites (N-methyl/N-ethyl adjacent to an activating group) is 2. The first kappa shape index (κ1) is 31.1. The van der Waals surface area contributed by atoms with E-state index in [9.17, 15) is 19.5 Å². The molecule has 0 unspecified atom stereocenters. The summed E-state index contributed by atoms with van der Waals surface area (Å²) in [5.74, 6) is -1.59. The van der Waals surface area contributed by atoms with Crippen LogP contribution in [0, 0.1) is 11.3 Å². The van der Waals surface area contributed by atoms with Crippen molar-refractivity contribution in [3.8, 4) is 0 Å². The number of benzene rings is 1. The Hall–Kier alpha value is -3.13. The van der Waals surface area contributed by atoms with Crippen molar-refractivity contribution in [2.75, 3.05) is 14.1 Å². The fraction of sp³-hybridized carbons (Fsp3) is 0.567. The van der Waals surface area contributed by atoms with E-state index < -0.39 is 34.9 Å². The van der Waals surface area contributed by atoms with Gasteiger partial charge in [-0.2, -0.15) is 0 Å². The number of hydrogen-bond donors (Lipinski definition) is 3. The number of para-hydroxylation sites is 1. The number of rotatable bonds is 10. The molecule has 2 amide bonds. The van der Waals surface area contributed by atoms with Gasteiger partial charge in [0, 0.05) is 42.2 Å². The van der Waals surface area contributed by atoms with E-state index in [0.717, 1.165) is 16.5 Å². The highest BCUT2D eigenvalue weighted by Crippen LogP contribution is 2.35. The summed E-state index contributed by atoms with van der Waals surface area (Å²) < 4.78 is 2.06. The average Bonchev–Trinajstić information content (AvgIpc) is 3.16.